The predicted octanol–water partition coefficient (Wildman–Crippen LogP) is 6.96. The van der Waals surface area contributed by atoms with Gasteiger partial charge in [-0.3, -0.25) is 9.59 Å². The molecule has 37 heavy (non-hydrogen) atoms. The number of rotatable bonds is 14. The van der Waals surface area contributed by atoms with E-state index in [0.29, 0.717) is 19.3 Å². The number of carboxylic acid groups (broad SMARTS) is 3. The Morgan fingerprint density at radius 1 is 0.568 bits per heavy atom. The van der Waals surface area contributed by atoms with Crippen LogP contribution in [0.2, 0.25) is 0 Å². The van der Waals surface area contributed by atoms with Gasteiger partial charge in [0.05, 0.1) is 5.92 Å². The first-order chi connectivity index (χ1) is 16.3. The Balaban J connectivity index is 7.07. The fourth-order valence-corrected chi connectivity index (χ4v) is 6.83. The molecule has 0 fully saturated rings. The van der Waals surface area contributed by atoms with Gasteiger partial charge in [0.2, 0.25) is 0 Å². The van der Waals surface area contributed by atoms with Crippen molar-refractivity contribution < 1.29 is 34.8 Å². The molecule has 0 saturated carbocycles. The lowest BCUT2D eigenvalue weighted by molar-refractivity contribution is -0.211. The van der Waals surface area contributed by atoms with Gasteiger partial charge >= 0.3 is 17.9 Å². The lowest BCUT2D eigenvalue weighted by Gasteiger charge is -2.48. The zero-order valence-corrected chi connectivity index (χ0v) is 25.6. The lowest BCUT2D eigenvalue weighted by Crippen LogP contribution is -2.65. The number of hydrogen-bond acceptors (Lipinski definition) is 4. The molecule has 0 aromatic heterocycles. The Labute approximate surface area is 225 Å². The van der Waals surface area contributed by atoms with Crippen LogP contribution in [0.1, 0.15) is 122 Å². The molecule has 0 heterocycles. The molecule has 0 aromatic rings. The molecule has 0 amide bonds. The molecule has 0 rings (SSSR count). The lowest BCUT2D eigenvalue weighted by atomic mass is 9.56. The van der Waals surface area contributed by atoms with Crippen molar-refractivity contribution in [3.05, 3.63) is 0 Å². The van der Waals surface area contributed by atoms with Crippen LogP contribution in [-0.2, 0) is 14.4 Å². The highest BCUT2D eigenvalue weighted by Gasteiger charge is 2.66. The Hall–Kier alpha value is -1.63. The average molecular weight is 529 g/mol. The number of aliphatic hydroxyl groups is 1. The molecule has 0 spiro atoms. The van der Waals surface area contributed by atoms with Gasteiger partial charge in [-0.15, -0.1) is 0 Å². The van der Waals surface area contributed by atoms with Crippen LogP contribution < -0.4 is 0 Å². The third kappa shape index (κ3) is 10.6. The van der Waals surface area contributed by atoms with Gasteiger partial charge in [-0.25, -0.2) is 4.79 Å². The van der Waals surface area contributed by atoms with Crippen molar-refractivity contribution in [1.82, 2.24) is 0 Å². The molecule has 0 bridgehead atoms. The number of carboxylic acids is 3. The second-order valence-corrected chi connectivity index (χ2v) is 15.6. The maximum atomic E-state index is 13.2. The predicted molar refractivity (Wildman–Crippen MR) is 147 cm³/mol. The first kappa shape index (κ1) is 35.4. The standard InChI is InChI=1S/C30H56O7/c1-19(14-26(4,5)6)13-22(23(31)32)30(37,25(35)36)29(24(33)34,17-20(2)15-27(7,8)9)18-21(3)16-28(10,11)12/h19-22,37H,13-18H2,1-12H3,(H,31,32)(H,33,34)(H,35,36). The smallest absolute Gasteiger partial charge is 0.337 e. The first-order valence-electron chi connectivity index (χ1n) is 13.7. The molecule has 0 saturated heterocycles. The quantitative estimate of drug-likeness (QED) is 0.191. The van der Waals surface area contributed by atoms with E-state index in [-0.39, 0.29) is 53.3 Å². The van der Waals surface area contributed by atoms with Crippen LogP contribution in [0.3, 0.4) is 0 Å². The fraction of sp³-hybridized carbons (Fsp3) is 0.900. The van der Waals surface area contributed by atoms with Crippen LogP contribution in [0.25, 0.3) is 0 Å². The third-order valence-corrected chi connectivity index (χ3v) is 7.18. The van der Waals surface area contributed by atoms with Crippen LogP contribution in [0.4, 0.5) is 0 Å². The Kier molecular flexibility index (Phi) is 11.9. The van der Waals surface area contributed by atoms with E-state index in [1.807, 2.05) is 83.1 Å². The minimum Gasteiger partial charge on any atom is -0.481 e. The van der Waals surface area contributed by atoms with Crippen molar-refractivity contribution in [3.8, 4) is 0 Å². The summed E-state index contributed by atoms with van der Waals surface area (Å²) in [5.74, 6) is -7.25. The Bertz CT molecular complexity index is 757. The maximum absolute atomic E-state index is 13.2. The van der Waals surface area contributed by atoms with Crippen molar-refractivity contribution >= 4 is 17.9 Å². The van der Waals surface area contributed by atoms with Gasteiger partial charge in [-0.05, 0) is 72.5 Å². The van der Waals surface area contributed by atoms with Crippen molar-refractivity contribution in [2.45, 2.75) is 127 Å². The number of aliphatic carboxylic acids is 3. The molecular formula is C30H56O7. The molecule has 5 atom stereocenters. The van der Waals surface area contributed by atoms with Gasteiger partial charge in [-0.1, -0.05) is 83.1 Å². The molecule has 7 nitrogen and oxygen atoms in total. The van der Waals surface area contributed by atoms with E-state index < -0.39 is 34.8 Å². The molecule has 0 aliphatic carbocycles. The van der Waals surface area contributed by atoms with Gasteiger partial charge in [0.25, 0.3) is 0 Å². The van der Waals surface area contributed by atoms with E-state index >= 15 is 0 Å². The highest BCUT2D eigenvalue weighted by Crippen LogP contribution is 2.52. The average Bonchev–Trinajstić information content (AvgIpc) is 2.59. The summed E-state index contributed by atoms with van der Waals surface area (Å²) in [6.45, 7) is 23.7. The molecule has 7 heteroatoms. The van der Waals surface area contributed by atoms with E-state index in [0.717, 1.165) is 0 Å². The second-order valence-electron chi connectivity index (χ2n) is 15.6. The van der Waals surface area contributed by atoms with Crippen molar-refractivity contribution in [1.29, 1.82) is 0 Å². The normalized spacial score (nSPS) is 19.7. The van der Waals surface area contributed by atoms with Gasteiger partial charge in [0.1, 0.15) is 5.41 Å². The fourth-order valence-electron chi connectivity index (χ4n) is 6.83. The minimum atomic E-state index is -2.99. The SMILES string of the molecule is CC(CC(C(=O)O)C(O)(C(=O)O)C(CC(C)CC(C)(C)C)(CC(C)CC(C)(C)C)C(=O)O)CC(C)(C)C. The highest BCUT2D eigenvalue weighted by molar-refractivity contribution is 5.93. The van der Waals surface area contributed by atoms with E-state index in [1.165, 1.54) is 0 Å². The summed E-state index contributed by atoms with van der Waals surface area (Å²) < 4.78 is 0. The number of carbonyl (C=O) groups is 3. The minimum absolute atomic E-state index is 0.131. The molecule has 0 aliphatic rings. The van der Waals surface area contributed by atoms with Crippen molar-refractivity contribution in [2.75, 3.05) is 0 Å². The van der Waals surface area contributed by atoms with Gasteiger partial charge in [-0.2, -0.15) is 0 Å². The molecular weight excluding hydrogens is 472 g/mol. The second kappa shape index (κ2) is 12.5. The summed E-state index contributed by atoms with van der Waals surface area (Å²) in [5.41, 5.74) is -5.63. The van der Waals surface area contributed by atoms with E-state index in [9.17, 15) is 34.8 Å². The summed E-state index contributed by atoms with van der Waals surface area (Å²) in [5, 5.41) is 43.6. The highest BCUT2D eigenvalue weighted by atomic mass is 16.4. The Morgan fingerprint density at radius 3 is 1.14 bits per heavy atom. The third-order valence-electron chi connectivity index (χ3n) is 7.18. The largest absolute Gasteiger partial charge is 0.481 e. The summed E-state index contributed by atoms with van der Waals surface area (Å²) in [6, 6.07) is 0. The van der Waals surface area contributed by atoms with Crippen LogP contribution >= 0.6 is 0 Å². The Morgan fingerprint density at radius 2 is 0.892 bits per heavy atom. The monoisotopic (exact) mass is 528 g/mol. The molecule has 0 radical (unpaired) electrons. The van der Waals surface area contributed by atoms with Crippen LogP contribution in [0, 0.1) is 45.3 Å². The van der Waals surface area contributed by atoms with E-state index in [2.05, 4.69) is 0 Å². The molecule has 4 N–H and O–H groups in total. The van der Waals surface area contributed by atoms with Crippen molar-refractivity contribution in [2.24, 2.45) is 45.3 Å². The molecule has 5 unspecified atom stereocenters. The molecule has 0 aromatic carbocycles. The zero-order valence-electron chi connectivity index (χ0n) is 25.6. The van der Waals surface area contributed by atoms with Crippen molar-refractivity contribution in [3.63, 3.8) is 0 Å². The number of hydrogen-bond donors (Lipinski definition) is 4. The summed E-state index contributed by atoms with van der Waals surface area (Å²) in [4.78, 5) is 38.8. The molecule has 0 aliphatic heterocycles. The summed E-state index contributed by atoms with van der Waals surface area (Å²) in [7, 11) is 0. The topological polar surface area (TPSA) is 132 Å². The summed E-state index contributed by atoms with van der Waals surface area (Å²) in [6.07, 6.45) is 1.41. The van der Waals surface area contributed by atoms with Gasteiger partial charge in [0.15, 0.2) is 5.60 Å². The van der Waals surface area contributed by atoms with E-state index in [4.69, 9.17) is 0 Å². The van der Waals surface area contributed by atoms with Crippen LogP contribution in [-0.4, -0.2) is 43.9 Å². The van der Waals surface area contributed by atoms with E-state index in [1.54, 1.807) is 0 Å². The maximum Gasteiger partial charge on any atom is 0.337 e. The van der Waals surface area contributed by atoms with Gasteiger partial charge in [0, 0.05) is 0 Å². The first-order valence-corrected chi connectivity index (χ1v) is 13.7. The summed E-state index contributed by atoms with van der Waals surface area (Å²) >= 11 is 0. The van der Waals surface area contributed by atoms with Crippen LogP contribution in [0.5, 0.6) is 0 Å². The zero-order chi connectivity index (χ0) is 29.8. The van der Waals surface area contributed by atoms with Gasteiger partial charge < -0.3 is 20.4 Å². The van der Waals surface area contributed by atoms with Crippen LogP contribution in [0.15, 0.2) is 0 Å². The molecule has 218 valence electrons.